The second kappa shape index (κ2) is 8.24. The van der Waals surface area contributed by atoms with Gasteiger partial charge < -0.3 is 10.0 Å². The Morgan fingerprint density at radius 1 is 1.04 bits per heavy atom. The standard InChI is InChI=1S/C17H28N2O3S/c1-15-6-7-17(16(2)14-15)23(21,22)19-11-9-18(10-12-19)8-4-3-5-13-20/h6-7,14,20H,3-5,8-13H2,1-2H3. The molecule has 1 aliphatic heterocycles. The van der Waals surface area contributed by atoms with Gasteiger partial charge in [0.05, 0.1) is 4.90 Å². The molecule has 0 atom stereocenters. The number of aliphatic hydroxyl groups excluding tert-OH is 1. The van der Waals surface area contributed by atoms with Crippen LogP contribution in [0.2, 0.25) is 0 Å². The summed E-state index contributed by atoms with van der Waals surface area (Å²) in [7, 11) is -3.39. The Labute approximate surface area is 140 Å². The molecule has 5 nitrogen and oxygen atoms in total. The number of hydrogen-bond acceptors (Lipinski definition) is 4. The predicted molar refractivity (Wildman–Crippen MR) is 92.1 cm³/mol. The summed E-state index contributed by atoms with van der Waals surface area (Å²) in [5, 5.41) is 8.79. The van der Waals surface area contributed by atoms with Gasteiger partial charge in [-0.1, -0.05) is 17.7 Å². The molecule has 1 aromatic carbocycles. The molecule has 0 saturated carbocycles. The fourth-order valence-electron chi connectivity index (χ4n) is 3.05. The van der Waals surface area contributed by atoms with Gasteiger partial charge in [0, 0.05) is 32.8 Å². The molecule has 2 rings (SSSR count). The highest BCUT2D eigenvalue weighted by Gasteiger charge is 2.29. The van der Waals surface area contributed by atoms with Crippen LogP contribution in [0.1, 0.15) is 30.4 Å². The molecule has 1 fully saturated rings. The number of benzene rings is 1. The quantitative estimate of drug-likeness (QED) is 0.769. The Morgan fingerprint density at radius 2 is 1.74 bits per heavy atom. The van der Waals surface area contributed by atoms with Gasteiger partial charge in [0.15, 0.2) is 0 Å². The van der Waals surface area contributed by atoms with E-state index in [0.717, 1.165) is 50.0 Å². The number of rotatable bonds is 7. The molecule has 0 radical (unpaired) electrons. The molecule has 23 heavy (non-hydrogen) atoms. The van der Waals surface area contributed by atoms with Gasteiger partial charge in [-0.25, -0.2) is 8.42 Å². The Bertz CT molecular complexity index is 608. The van der Waals surface area contributed by atoms with E-state index < -0.39 is 10.0 Å². The first kappa shape index (κ1) is 18.4. The van der Waals surface area contributed by atoms with E-state index in [1.165, 1.54) is 0 Å². The van der Waals surface area contributed by atoms with Gasteiger partial charge in [-0.3, -0.25) is 0 Å². The number of nitrogens with zero attached hydrogens (tertiary/aromatic N) is 2. The van der Waals surface area contributed by atoms with E-state index in [1.807, 2.05) is 26.0 Å². The maximum atomic E-state index is 12.8. The van der Waals surface area contributed by atoms with Crippen LogP contribution in [0, 0.1) is 13.8 Å². The van der Waals surface area contributed by atoms with Crippen molar-refractivity contribution in [2.24, 2.45) is 0 Å². The average Bonchev–Trinajstić information content (AvgIpc) is 2.52. The van der Waals surface area contributed by atoms with Gasteiger partial charge in [0.1, 0.15) is 0 Å². The minimum atomic E-state index is -3.39. The van der Waals surface area contributed by atoms with Crippen LogP contribution >= 0.6 is 0 Å². The lowest BCUT2D eigenvalue weighted by molar-refractivity contribution is 0.183. The molecule has 1 saturated heterocycles. The van der Waals surface area contributed by atoms with Crippen LogP contribution < -0.4 is 0 Å². The number of sulfonamides is 1. The molecular weight excluding hydrogens is 312 g/mol. The third-order valence-electron chi connectivity index (χ3n) is 4.41. The maximum Gasteiger partial charge on any atom is 0.243 e. The van der Waals surface area contributed by atoms with E-state index in [1.54, 1.807) is 10.4 Å². The lowest BCUT2D eigenvalue weighted by atomic mass is 10.2. The molecule has 0 amide bonds. The highest BCUT2D eigenvalue weighted by molar-refractivity contribution is 7.89. The zero-order valence-electron chi connectivity index (χ0n) is 14.2. The molecular formula is C17H28N2O3S. The van der Waals surface area contributed by atoms with Crippen molar-refractivity contribution in [2.45, 2.75) is 38.0 Å². The predicted octanol–water partition coefficient (Wildman–Crippen LogP) is 1.77. The molecule has 0 bridgehead atoms. The molecule has 1 aliphatic rings. The van der Waals surface area contributed by atoms with Crippen molar-refractivity contribution in [3.05, 3.63) is 29.3 Å². The molecule has 1 N–H and O–H groups in total. The summed E-state index contributed by atoms with van der Waals surface area (Å²) < 4.78 is 27.2. The molecule has 6 heteroatoms. The molecule has 0 spiro atoms. The van der Waals surface area contributed by atoms with E-state index in [4.69, 9.17) is 5.11 Å². The molecule has 130 valence electrons. The minimum Gasteiger partial charge on any atom is -0.396 e. The molecule has 0 unspecified atom stereocenters. The third kappa shape index (κ3) is 4.76. The van der Waals surface area contributed by atoms with Crippen LogP contribution in [0.4, 0.5) is 0 Å². The van der Waals surface area contributed by atoms with Crippen LogP contribution in [0.3, 0.4) is 0 Å². The van der Waals surface area contributed by atoms with Crippen LogP contribution in [0.15, 0.2) is 23.1 Å². The summed E-state index contributed by atoms with van der Waals surface area (Å²) >= 11 is 0. The van der Waals surface area contributed by atoms with Crippen molar-refractivity contribution in [1.82, 2.24) is 9.21 Å². The van der Waals surface area contributed by atoms with Gasteiger partial charge in [-0.05, 0) is 51.3 Å². The van der Waals surface area contributed by atoms with Gasteiger partial charge in [0.2, 0.25) is 10.0 Å². The monoisotopic (exact) mass is 340 g/mol. The summed E-state index contributed by atoms with van der Waals surface area (Å²) in [5.74, 6) is 0. The van der Waals surface area contributed by atoms with Crippen molar-refractivity contribution < 1.29 is 13.5 Å². The van der Waals surface area contributed by atoms with Crippen molar-refractivity contribution in [3.8, 4) is 0 Å². The fraction of sp³-hybridized carbons (Fsp3) is 0.647. The van der Waals surface area contributed by atoms with Crippen molar-refractivity contribution in [2.75, 3.05) is 39.3 Å². The van der Waals surface area contributed by atoms with E-state index in [9.17, 15) is 8.42 Å². The second-order valence-corrected chi connectivity index (χ2v) is 8.21. The van der Waals surface area contributed by atoms with E-state index >= 15 is 0 Å². The highest BCUT2D eigenvalue weighted by atomic mass is 32.2. The summed E-state index contributed by atoms with van der Waals surface area (Å²) in [4.78, 5) is 2.74. The van der Waals surface area contributed by atoms with Gasteiger partial charge in [-0.15, -0.1) is 0 Å². The summed E-state index contributed by atoms with van der Waals surface area (Å²) in [6.07, 6.45) is 2.93. The van der Waals surface area contributed by atoms with E-state index in [2.05, 4.69) is 4.90 Å². The second-order valence-electron chi connectivity index (χ2n) is 6.30. The lowest BCUT2D eigenvalue weighted by Gasteiger charge is -2.34. The van der Waals surface area contributed by atoms with E-state index in [-0.39, 0.29) is 6.61 Å². The largest absolute Gasteiger partial charge is 0.396 e. The maximum absolute atomic E-state index is 12.8. The van der Waals surface area contributed by atoms with Crippen LogP contribution in [-0.4, -0.2) is 62.1 Å². The first-order chi connectivity index (χ1) is 10.9. The Balaban J connectivity index is 1.93. The van der Waals surface area contributed by atoms with E-state index in [0.29, 0.717) is 18.0 Å². The number of hydrogen-bond donors (Lipinski definition) is 1. The van der Waals surface area contributed by atoms with Crippen molar-refractivity contribution in [1.29, 1.82) is 0 Å². The summed E-state index contributed by atoms with van der Waals surface area (Å²) in [6.45, 7) is 7.73. The van der Waals surface area contributed by atoms with Gasteiger partial charge in [-0.2, -0.15) is 4.31 Å². The molecule has 1 aromatic rings. The third-order valence-corrected chi connectivity index (χ3v) is 6.47. The van der Waals surface area contributed by atoms with Crippen molar-refractivity contribution in [3.63, 3.8) is 0 Å². The molecule has 1 heterocycles. The number of piperazine rings is 1. The smallest absolute Gasteiger partial charge is 0.243 e. The normalized spacial score (nSPS) is 17.5. The van der Waals surface area contributed by atoms with Gasteiger partial charge in [0.25, 0.3) is 0 Å². The Kier molecular flexibility index (Phi) is 6.59. The highest BCUT2D eigenvalue weighted by Crippen LogP contribution is 2.22. The fourth-order valence-corrected chi connectivity index (χ4v) is 4.67. The Morgan fingerprint density at radius 3 is 2.35 bits per heavy atom. The molecule has 0 aromatic heterocycles. The SMILES string of the molecule is Cc1ccc(S(=O)(=O)N2CCN(CCCCCO)CC2)c(C)c1. The summed E-state index contributed by atoms with van der Waals surface area (Å²) in [6, 6.07) is 5.50. The first-order valence-electron chi connectivity index (χ1n) is 8.36. The zero-order chi connectivity index (χ0) is 16.9. The number of unbranched alkanes of at least 4 members (excludes halogenated alkanes) is 2. The summed E-state index contributed by atoms with van der Waals surface area (Å²) in [5.41, 5.74) is 1.89. The zero-order valence-corrected chi connectivity index (χ0v) is 15.0. The van der Waals surface area contributed by atoms with Crippen LogP contribution in [0.5, 0.6) is 0 Å². The van der Waals surface area contributed by atoms with Crippen LogP contribution in [-0.2, 0) is 10.0 Å². The van der Waals surface area contributed by atoms with Crippen molar-refractivity contribution >= 4 is 10.0 Å². The topological polar surface area (TPSA) is 60.9 Å². The number of aryl methyl sites for hydroxylation is 2. The van der Waals surface area contributed by atoms with Crippen LogP contribution in [0.25, 0.3) is 0 Å². The number of aliphatic hydroxyl groups is 1. The Hall–Kier alpha value is -0.950. The van der Waals surface area contributed by atoms with Gasteiger partial charge >= 0.3 is 0 Å². The molecule has 0 aliphatic carbocycles. The minimum absolute atomic E-state index is 0.252. The average molecular weight is 340 g/mol. The lowest BCUT2D eigenvalue weighted by Crippen LogP contribution is -2.48. The first-order valence-corrected chi connectivity index (χ1v) is 9.80.